The van der Waals surface area contributed by atoms with Gasteiger partial charge in [-0.25, -0.2) is 8.42 Å². The first-order valence-corrected chi connectivity index (χ1v) is 11.4. The number of amides is 1. The Balaban J connectivity index is 1.35. The summed E-state index contributed by atoms with van der Waals surface area (Å²) in [6, 6.07) is 20.7. The molecule has 1 aliphatic heterocycles. The number of benzene rings is 3. The Hall–Kier alpha value is -3.85. The maximum absolute atomic E-state index is 12.3. The van der Waals surface area contributed by atoms with Gasteiger partial charge in [0.15, 0.2) is 0 Å². The van der Waals surface area contributed by atoms with Crippen molar-refractivity contribution in [2.45, 2.75) is 11.8 Å². The molecular weight excluding hydrogens is 430 g/mol. The van der Waals surface area contributed by atoms with Crippen LogP contribution in [0.1, 0.15) is 12.5 Å². The molecule has 0 radical (unpaired) electrons. The maximum atomic E-state index is 12.3. The van der Waals surface area contributed by atoms with E-state index in [1.54, 1.807) is 42.5 Å². The Labute approximate surface area is 186 Å². The summed E-state index contributed by atoms with van der Waals surface area (Å²) >= 11 is 0. The Morgan fingerprint density at radius 3 is 2.25 bits per heavy atom. The second-order valence-corrected chi connectivity index (χ2v) is 8.50. The molecule has 9 heteroatoms. The van der Waals surface area contributed by atoms with Crippen LogP contribution in [0.3, 0.4) is 0 Å². The van der Waals surface area contributed by atoms with Crippen LogP contribution in [0.4, 0.5) is 5.69 Å². The maximum Gasteiger partial charge on any atom is 0.263 e. The average molecular weight is 452 g/mol. The molecule has 1 aliphatic rings. The number of carbonyl (C=O) groups is 1. The zero-order chi connectivity index (χ0) is 22.6. The number of hydrogen-bond donors (Lipinski definition) is 2. The fraction of sp³-hybridized carbons (Fsp3) is 0.130. The number of fused-ring (bicyclic) bond motifs is 1. The van der Waals surface area contributed by atoms with Crippen LogP contribution >= 0.6 is 0 Å². The molecule has 0 aromatic heterocycles. The minimum absolute atomic E-state index is 0.155. The number of nitrogens with zero attached hydrogens (tertiary/aromatic N) is 1. The first-order chi connectivity index (χ1) is 15.4. The van der Waals surface area contributed by atoms with Gasteiger partial charge in [0.1, 0.15) is 29.6 Å². The minimum atomic E-state index is -3.63. The van der Waals surface area contributed by atoms with Crippen molar-refractivity contribution in [3.8, 4) is 17.2 Å². The number of hydrogen-bond acceptors (Lipinski definition) is 6. The summed E-state index contributed by atoms with van der Waals surface area (Å²) in [5.74, 6) is 1.84. The van der Waals surface area contributed by atoms with Crippen LogP contribution in [0, 0.1) is 0 Å². The molecule has 164 valence electrons. The van der Waals surface area contributed by atoms with Gasteiger partial charge in [0.2, 0.25) is 5.91 Å². The molecule has 0 fully saturated rings. The van der Waals surface area contributed by atoms with Crippen molar-refractivity contribution >= 4 is 27.5 Å². The van der Waals surface area contributed by atoms with Gasteiger partial charge in [0, 0.05) is 11.3 Å². The van der Waals surface area contributed by atoms with E-state index in [-0.39, 0.29) is 23.2 Å². The quantitative estimate of drug-likeness (QED) is 0.571. The largest absolute Gasteiger partial charge is 0.494 e. The highest BCUT2D eigenvalue weighted by Gasteiger charge is 2.30. The molecule has 0 atom stereocenters. The lowest BCUT2D eigenvalue weighted by atomic mass is 10.2. The molecule has 2 N–H and O–H groups in total. The molecule has 0 unspecified atom stereocenters. The third-order valence-electron chi connectivity index (χ3n) is 4.55. The summed E-state index contributed by atoms with van der Waals surface area (Å²) in [5, 5.41) is 2.73. The standard InChI is InChI=1S/C23H21N3O5S/c1-2-30-17-11-13-19(14-12-17)31-18-9-7-16(8-10-18)25-22(27)15-24-23-20-5-3-4-6-21(20)32(28,29)26-23/h3-14H,2,15H2,1H3,(H,24,26)(H,25,27). The normalized spacial score (nSPS) is 15.0. The van der Waals surface area contributed by atoms with E-state index in [4.69, 9.17) is 9.47 Å². The number of nitrogens with one attached hydrogen (secondary N) is 2. The van der Waals surface area contributed by atoms with Gasteiger partial charge in [0.05, 0.1) is 11.5 Å². The topological polar surface area (TPSA) is 106 Å². The SMILES string of the molecule is CCOc1ccc(Oc2ccc(NC(=O)CN=C3NS(=O)(=O)c4ccccc43)cc2)cc1. The van der Waals surface area contributed by atoms with Gasteiger partial charge < -0.3 is 14.8 Å². The lowest BCUT2D eigenvalue weighted by Gasteiger charge is -2.09. The van der Waals surface area contributed by atoms with Gasteiger partial charge in [-0.15, -0.1) is 0 Å². The van der Waals surface area contributed by atoms with Crippen molar-refractivity contribution in [1.29, 1.82) is 0 Å². The highest BCUT2D eigenvalue weighted by molar-refractivity contribution is 7.90. The second-order valence-electron chi connectivity index (χ2n) is 6.85. The van der Waals surface area contributed by atoms with Crippen molar-refractivity contribution in [3.05, 3.63) is 78.4 Å². The van der Waals surface area contributed by atoms with E-state index in [1.807, 2.05) is 31.2 Å². The van der Waals surface area contributed by atoms with Crippen molar-refractivity contribution in [2.75, 3.05) is 18.5 Å². The van der Waals surface area contributed by atoms with E-state index in [1.165, 1.54) is 6.07 Å². The van der Waals surface area contributed by atoms with Crippen molar-refractivity contribution in [1.82, 2.24) is 4.72 Å². The second kappa shape index (κ2) is 9.11. The average Bonchev–Trinajstić information content (AvgIpc) is 3.06. The van der Waals surface area contributed by atoms with Crippen LogP contribution in [-0.4, -0.2) is 33.3 Å². The van der Waals surface area contributed by atoms with Crippen LogP contribution in [0.25, 0.3) is 0 Å². The first kappa shape index (κ1) is 21.4. The van der Waals surface area contributed by atoms with Crippen LogP contribution < -0.4 is 19.5 Å². The monoisotopic (exact) mass is 451 g/mol. The third-order valence-corrected chi connectivity index (χ3v) is 5.95. The fourth-order valence-electron chi connectivity index (χ4n) is 3.12. The van der Waals surface area contributed by atoms with Gasteiger partial charge in [-0.05, 0) is 67.6 Å². The summed E-state index contributed by atoms with van der Waals surface area (Å²) in [4.78, 5) is 16.5. The van der Waals surface area contributed by atoms with E-state index in [2.05, 4.69) is 15.0 Å². The van der Waals surface area contributed by atoms with Crippen molar-refractivity contribution < 1.29 is 22.7 Å². The molecule has 3 aromatic rings. The van der Waals surface area contributed by atoms with Crippen LogP contribution in [0.5, 0.6) is 17.2 Å². The van der Waals surface area contributed by atoms with E-state index < -0.39 is 10.0 Å². The van der Waals surface area contributed by atoms with E-state index in [0.29, 0.717) is 29.4 Å². The first-order valence-electron chi connectivity index (χ1n) is 9.92. The van der Waals surface area contributed by atoms with Gasteiger partial charge >= 0.3 is 0 Å². The number of rotatable bonds is 7. The molecule has 0 saturated carbocycles. The Bertz CT molecular complexity index is 1250. The van der Waals surface area contributed by atoms with E-state index >= 15 is 0 Å². The number of ether oxygens (including phenoxy) is 2. The summed E-state index contributed by atoms with van der Waals surface area (Å²) < 4.78 is 37.8. The minimum Gasteiger partial charge on any atom is -0.494 e. The molecule has 0 bridgehead atoms. The summed E-state index contributed by atoms with van der Waals surface area (Å²) in [6.45, 7) is 2.30. The van der Waals surface area contributed by atoms with Crippen molar-refractivity contribution in [2.24, 2.45) is 4.99 Å². The van der Waals surface area contributed by atoms with Gasteiger partial charge in [-0.2, -0.15) is 0 Å². The molecule has 4 rings (SSSR count). The number of anilines is 1. The van der Waals surface area contributed by atoms with Gasteiger partial charge in [-0.1, -0.05) is 12.1 Å². The van der Waals surface area contributed by atoms with Crippen LogP contribution in [-0.2, 0) is 14.8 Å². The number of amidine groups is 1. The zero-order valence-electron chi connectivity index (χ0n) is 17.2. The molecule has 1 heterocycles. The molecular formula is C23H21N3O5S. The van der Waals surface area contributed by atoms with E-state index in [9.17, 15) is 13.2 Å². The fourth-order valence-corrected chi connectivity index (χ4v) is 4.37. The molecule has 8 nitrogen and oxygen atoms in total. The Kier molecular flexibility index (Phi) is 6.09. The summed E-state index contributed by atoms with van der Waals surface area (Å²) in [7, 11) is -3.63. The molecule has 0 spiro atoms. The summed E-state index contributed by atoms with van der Waals surface area (Å²) in [6.07, 6.45) is 0. The Morgan fingerprint density at radius 2 is 1.56 bits per heavy atom. The van der Waals surface area contributed by atoms with E-state index in [0.717, 1.165) is 5.75 Å². The zero-order valence-corrected chi connectivity index (χ0v) is 18.1. The lowest BCUT2D eigenvalue weighted by Crippen LogP contribution is -2.24. The van der Waals surface area contributed by atoms with Crippen LogP contribution in [0.15, 0.2) is 82.7 Å². The lowest BCUT2D eigenvalue weighted by molar-refractivity contribution is -0.114. The highest BCUT2D eigenvalue weighted by Crippen LogP contribution is 2.25. The van der Waals surface area contributed by atoms with Crippen LogP contribution in [0.2, 0.25) is 0 Å². The Morgan fingerprint density at radius 1 is 0.938 bits per heavy atom. The summed E-state index contributed by atoms with van der Waals surface area (Å²) in [5.41, 5.74) is 1.03. The predicted molar refractivity (Wildman–Crippen MR) is 121 cm³/mol. The number of aliphatic imine (C=N–C) groups is 1. The highest BCUT2D eigenvalue weighted by atomic mass is 32.2. The van der Waals surface area contributed by atoms with Gasteiger partial charge in [0.25, 0.3) is 10.0 Å². The third kappa shape index (κ3) is 4.89. The smallest absolute Gasteiger partial charge is 0.263 e. The number of carbonyl (C=O) groups excluding carboxylic acids is 1. The molecule has 0 aliphatic carbocycles. The van der Waals surface area contributed by atoms with Crippen molar-refractivity contribution in [3.63, 3.8) is 0 Å². The molecule has 0 saturated heterocycles. The predicted octanol–water partition coefficient (Wildman–Crippen LogP) is 3.55. The van der Waals surface area contributed by atoms with Gasteiger partial charge in [-0.3, -0.25) is 14.5 Å². The molecule has 3 aromatic carbocycles. The number of sulfonamides is 1. The molecule has 32 heavy (non-hydrogen) atoms. The molecule has 1 amide bonds.